The Bertz CT molecular complexity index is 505. The van der Waals surface area contributed by atoms with Gasteiger partial charge in [-0.25, -0.2) is 9.97 Å². The summed E-state index contributed by atoms with van der Waals surface area (Å²) in [4.78, 5) is 25.0. The molecule has 0 radical (unpaired) electrons. The lowest BCUT2D eigenvalue weighted by Crippen LogP contribution is -2.41. The van der Waals surface area contributed by atoms with Crippen LogP contribution in [0.15, 0.2) is 12.3 Å². The number of carbonyl (C=O) groups excluding carboxylic acids is 1. The highest BCUT2D eigenvalue weighted by Gasteiger charge is 2.12. The highest BCUT2D eigenvalue weighted by Crippen LogP contribution is 2.01. The molecule has 0 unspecified atom stereocenters. The lowest BCUT2D eigenvalue weighted by atomic mass is 10.3. The molecule has 1 saturated heterocycles. The van der Waals surface area contributed by atoms with Crippen LogP contribution in [0.5, 0.6) is 0 Å². The maximum atomic E-state index is 12.2. The molecular weight excluding hydrogens is 308 g/mol. The van der Waals surface area contributed by atoms with E-state index in [1.165, 1.54) is 0 Å². The Kier molecular flexibility index (Phi) is 7.87. The number of nitrogens with zero attached hydrogens (tertiary/aromatic N) is 4. The van der Waals surface area contributed by atoms with Crippen LogP contribution < -0.4 is 10.6 Å². The van der Waals surface area contributed by atoms with E-state index in [1.54, 1.807) is 12.3 Å². The Balaban J connectivity index is 1.72. The molecule has 0 saturated carbocycles. The summed E-state index contributed by atoms with van der Waals surface area (Å²) in [5.41, 5.74) is 0.391. The van der Waals surface area contributed by atoms with Crippen molar-refractivity contribution >= 4 is 11.9 Å². The lowest BCUT2D eigenvalue weighted by Gasteiger charge is -2.26. The molecule has 2 rings (SSSR count). The minimum atomic E-state index is -0.165. The molecule has 1 amide bonds. The number of aromatic nitrogens is 2. The van der Waals surface area contributed by atoms with Gasteiger partial charge in [-0.2, -0.15) is 0 Å². The maximum Gasteiger partial charge on any atom is 0.270 e. The second-order valence-electron chi connectivity index (χ2n) is 6.06. The van der Waals surface area contributed by atoms with E-state index >= 15 is 0 Å². The first-order valence-corrected chi connectivity index (χ1v) is 8.45. The van der Waals surface area contributed by atoms with Gasteiger partial charge in [0, 0.05) is 38.9 Å². The Hall–Kier alpha value is -1.77. The molecule has 8 heteroatoms. The van der Waals surface area contributed by atoms with Crippen LogP contribution in [0.2, 0.25) is 0 Å². The number of hydrogen-bond acceptors (Lipinski definition) is 7. The van der Waals surface area contributed by atoms with Gasteiger partial charge in [0.25, 0.3) is 5.91 Å². The van der Waals surface area contributed by atoms with E-state index in [0.717, 1.165) is 52.4 Å². The van der Waals surface area contributed by atoms with Crippen LogP contribution in [-0.4, -0.2) is 92.3 Å². The molecule has 1 aromatic heterocycles. The molecule has 8 nitrogen and oxygen atoms in total. The van der Waals surface area contributed by atoms with Gasteiger partial charge in [-0.1, -0.05) is 0 Å². The largest absolute Gasteiger partial charge is 0.379 e. The van der Waals surface area contributed by atoms with Crippen molar-refractivity contribution in [2.24, 2.45) is 0 Å². The molecule has 0 spiro atoms. The average molecular weight is 336 g/mol. The topological polar surface area (TPSA) is 82.6 Å². The van der Waals surface area contributed by atoms with E-state index in [4.69, 9.17) is 4.74 Å². The van der Waals surface area contributed by atoms with Crippen LogP contribution in [0.3, 0.4) is 0 Å². The van der Waals surface area contributed by atoms with Crippen molar-refractivity contribution in [2.45, 2.75) is 6.42 Å². The van der Waals surface area contributed by atoms with Gasteiger partial charge in [0.2, 0.25) is 5.95 Å². The van der Waals surface area contributed by atoms with Crippen molar-refractivity contribution in [1.82, 2.24) is 25.1 Å². The van der Waals surface area contributed by atoms with E-state index in [9.17, 15) is 4.79 Å². The molecule has 0 bridgehead atoms. The predicted octanol–water partition coefficient (Wildman–Crippen LogP) is -0.0978. The molecule has 1 fully saturated rings. The van der Waals surface area contributed by atoms with Crippen molar-refractivity contribution in [1.29, 1.82) is 0 Å². The molecule has 2 N–H and O–H groups in total. The van der Waals surface area contributed by atoms with Gasteiger partial charge in [-0.05, 0) is 33.1 Å². The van der Waals surface area contributed by atoms with Gasteiger partial charge in [-0.3, -0.25) is 9.69 Å². The first kappa shape index (κ1) is 18.6. The minimum Gasteiger partial charge on any atom is -0.379 e. The molecule has 1 aliphatic heterocycles. The number of anilines is 1. The maximum absolute atomic E-state index is 12.2. The Morgan fingerprint density at radius 2 is 2.12 bits per heavy atom. The highest BCUT2D eigenvalue weighted by atomic mass is 16.5. The normalized spacial score (nSPS) is 15.5. The zero-order chi connectivity index (χ0) is 17.2. The third kappa shape index (κ3) is 6.77. The zero-order valence-electron chi connectivity index (χ0n) is 14.6. The molecule has 1 aliphatic rings. The van der Waals surface area contributed by atoms with Gasteiger partial charge in [0.1, 0.15) is 5.69 Å². The monoisotopic (exact) mass is 336 g/mol. The number of hydrogen-bond donors (Lipinski definition) is 2. The summed E-state index contributed by atoms with van der Waals surface area (Å²) in [6.45, 7) is 6.58. The van der Waals surface area contributed by atoms with Gasteiger partial charge < -0.3 is 20.3 Å². The highest BCUT2D eigenvalue weighted by molar-refractivity contribution is 5.92. The molecular formula is C16H28N6O2. The fourth-order valence-corrected chi connectivity index (χ4v) is 2.41. The number of nitrogens with one attached hydrogen (secondary N) is 2. The smallest absolute Gasteiger partial charge is 0.270 e. The Morgan fingerprint density at radius 3 is 2.88 bits per heavy atom. The standard InChI is InChI=1S/C16H28N6O2/c1-21(2)8-3-5-18-16-19-6-4-14(20-16)15(23)17-7-9-22-10-12-24-13-11-22/h4,6H,3,5,7-13H2,1-2H3,(H,17,23)(H,18,19,20). The summed E-state index contributed by atoms with van der Waals surface area (Å²) >= 11 is 0. The molecule has 2 heterocycles. The van der Waals surface area contributed by atoms with Crippen LogP contribution in [0.25, 0.3) is 0 Å². The quantitative estimate of drug-likeness (QED) is 0.610. The van der Waals surface area contributed by atoms with Gasteiger partial charge in [0.15, 0.2) is 0 Å². The van der Waals surface area contributed by atoms with E-state index in [1.807, 2.05) is 14.1 Å². The van der Waals surface area contributed by atoms with E-state index < -0.39 is 0 Å². The van der Waals surface area contributed by atoms with Crippen LogP contribution in [0.4, 0.5) is 5.95 Å². The molecule has 24 heavy (non-hydrogen) atoms. The molecule has 0 aromatic carbocycles. The summed E-state index contributed by atoms with van der Waals surface area (Å²) in [6.07, 6.45) is 2.60. The molecule has 1 aromatic rings. The van der Waals surface area contributed by atoms with Crippen LogP contribution in [-0.2, 0) is 4.74 Å². The van der Waals surface area contributed by atoms with E-state index in [0.29, 0.717) is 18.2 Å². The average Bonchev–Trinajstić information content (AvgIpc) is 2.60. The third-order valence-corrected chi connectivity index (χ3v) is 3.77. The summed E-state index contributed by atoms with van der Waals surface area (Å²) in [5, 5.41) is 6.06. The van der Waals surface area contributed by atoms with Crippen molar-refractivity contribution < 1.29 is 9.53 Å². The number of ether oxygens (including phenoxy) is 1. The van der Waals surface area contributed by atoms with Crippen LogP contribution in [0, 0.1) is 0 Å². The Morgan fingerprint density at radius 1 is 1.33 bits per heavy atom. The van der Waals surface area contributed by atoms with Crippen molar-refractivity contribution in [3.63, 3.8) is 0 Å². The van der Waals surface area contributed by atoms with E-state index in [2.05, 4.69) is 30.4 Å². The van der Waals surface area contributed by atoms with Crippen molar-refractivity contribution in [2.75, 3.05) is 71.9 Å². The summed E-state index contributed by atoms with van der Waals surface area (Å²) in [5.74, 6) is 0.330. The fourth-order valence-electron chi connectivity index (χ4n) is 2.41. The van der Waals surface area contributed by atoms with Crippen LogP contribution in [0.1, 0.15) is 16.9 Å². The number of rotatable bonds is 9. The molecule has 0 atom stereocenters. The van der Waals surface area contributed by atoms with Gasteiger partial charge in [0.05, 0.1) is 13.2 Å². The predicted molar refractivity (Wildman–Crippen MR) is 93.3 cm³/mol. The van der Waals surface area contributed by atoms with Gasteiger partial charge >= 0.3 is 0 Å². The number of carbonyl (C=O) groups is 1. The first-order chi connectivity index (χ1) is 11.6. The van der Waals surface area contributed by atoms with Crippen LogP contribution >= 0.6 is 0 Å². The zero-order valence-corrected chi connectivity index (χ0v) is 14.6. The fraction of sp³-hybridized carbons (Fsp3) is 0.688. The summed E-state index contributed by atoms with van der Waals surface area (Å²) in [7, 11) is 4.08. The Labute approximate surface area is 143 Å². The SMILES string of the molecule is CN(C)CCCNc1nccc(C(=O)NCCN2CCOCC2)n1. The second-order valence-corrected chi connectivity index (χ2v) is 6.06. The second kappa shape index (κ2) is 10.2. The minimum absolute atomic E-state index is 0.165. The molecule has 0 aliphatic carbocycles. The summed E-state index contributed by atoms with van der Waals surface area (Å²) in [6, 6.07) is 1.63. The van der Waals surface area contributed by atoms with Gasteiger partial charge in [-0.15, -0.1) is 0 Å². The van der Waals surface area contributed by atoms with E-state index in [-0.39, 0.29) is 5.91 Å². The van der Waals surface area contributed by atoms with Crippen molar-refractivity contribution in [3.8, 4) is 0 Å². The lowest BCUT2D eigenvalue weighted by molar-refractivity contribution is 0.0383. The number of morpholine rings is 1. The molecule has 134 valence electrons. The summed E-state index contributed by atoms with van der Waals surface area (Å²) < 4.78 is 5.31. The van der Waals surface area contributed by atoms with Crippen molar-refractivity contribution in [3.05, 3.63) is 18.0 Å². The third-order valence-electron chi connectivity index (χ3n) is 3.77. The number of amides is 1. The first-order valence-electron chi connectivity index (χ1n) is 8.45.